The second kappa shape index (κ2) is 9.55. The first kappa shape index (κ1) is 22.4. The number of aliphatic hydroxyl groups excluding tert-OH is 2. The van der Waals surface area contributed by atoms with E-state index >= 15 is 0 Å². The van der Waals surface area contributed by atoms with Crippen molar-refractivity contribution in [1.29, 1.82) is 0 Å². The number of amides is 2. The third-order valence-corrected chi connectivity index (χ3v) is 4.65. The van der Waals surface area contributed by atoms with Gasteiger partial charge in [0.1, 0.15) is 12.1 Å². The van der Waals surface area contributed by atoms with E-state index < -0.39 is 29.5 Å². The van der Waals surface area contributed by atoms with Crippen molar-refractivity contribution in [3.63, 3.8) is 0 Å². The molecular weight excluding hydrogens is 374 g/mol. The van der Waals surface area contributed by atoms with E-state index in [9.17, 15) is 14.7 Å². The second-order valence-electron chi connectivity index (χ2n) is 7.59. The van der Waals surface area contributed by atoms with Crippen molar-refractivity contribution in [2.45, 2.75) is 38.0 Å². The zero-order chi connectivity index (χ0) is 21.6. The van der Waals surface area contributed by atoms with E-state index in [0.717, 1.165) is 6.42 Å². The van der Waals surface area contributed by atoms with Gasteiger partial charge in [-0.15, -0.1) is 0 Å². The highest BCUT2D eigenvalue weighted by Gasteiger charge is 2.41. The number of hydrogen-bond donors (Lipinski definition) is 6. The summed E-state index contributed by atoms with van der Waals surface area (Å²) in [5, 5.41) is 30.1. The van der Waals surface area contributed by atoms with Crippen molar-refractivity contribution in [1.82, 2.24) is 10.8 Å². The molecule has 8 nitrogen and oxygen atoms in total. The van der Waals surface area contributed by atoms with Gasteiger partial charge in [-0.2, -0.15) is 0 Å². The molecule has 2 amide bonds. The Morgan fingerprint density at radius 1 is 1.28 bits per heavy atom. The van der Waals surface area contributed by atoms with Crippen molar-refractivity contribution in [3.8, 4) is 23.7 Å². The molecule has 0 radical (unpaired) electrons. The van der Waals surface area contributed by atoms with Gasteiger partial charge in [-0.25, -0.2) is 5.48 Å². The van der Waals surface area contributed by atoms with Gasteiger partial charge in [0.05, 0.1) is 0 Å². The van der Waals surface area contributed by atoms with Crippen molar-refractivity contribution < 1.29 is 25.0 Å². The molecule has 0 heterocycles. The summed E-state index contributed by atoms with van der Waals surface area (Å²) in [6, 6.07) is 5.19. The van der Waals surface area contributed by atoms with Crippen molar-refractivity contribution >= 4 is 11.8 Å². The average Bonchev–Trinajstić information content (AvgIpc) is 3.48. The molecule has 2 rings (SSSR count). The van der Waals surface area contributed by atoms with Crippen LogP contribution < -0.4 is 16.5 Å². The Bertz CT molecular complexity index is 868. The molecule has 0 spiro atoms. The topological polar surface area (TPSA) is 145 Å². The molecule has 8 heteroatoms. The van der Waals surface area contributed by atoms with E-state index in [1.807, 2.05) is 0 Å². The van der Waals surface area contributed by atoms with Crippen LogP contribution in [-0.2, 0) is 4.79 Å². The van der Waals surface area contributed by atoms with Gasteiger partial charge < -0.3 is 21.3 Å². The molecule has 3 unspecified atom stereocenters. The molecule has 1 saturated carbocycles. The van der Waals surface area contributed by atoms with E-state index in [1.165, 1.54) is 17.6 Å². The number of rotatable bonds is 6. The molecule has 0 aromatic heterocycles. The van der Waals surface area contributed by atoms with Gasteiger partial charge in [-0.3, -0.25) is 14.8 Å². The van der Waals surface area contributed by atoms with Gasteiger partial charge in [0.2, 0.25) is 0 Å². The van der Waals surface area contributed by atoms with Crippen molar-refractivity contribution in [2.75, 3.05) is 6.61 Å². The molecule has 29 heavy (non-hydrogen) atoms. The zero-order valence-corrected chi connectivity index (χ0v) is 16.3. The van der Waals surface area contributed by atoms with E-state index in [4.69, 9.17) is 16.0 Å². The van der Waals surface area contributed by atoms with Crippen LogP contribution in [0.1, 0.15) is 36.2 Å². The Morgan fingerprint density at radius 3 is 2.45 bits per heavy atom. The predicted octanol–water partition coefficient (Wildman–Crippen LogP) is -0.628. The number of nitrogens with two attached hydrogens (primary N) is 1. The highest BCUT2D eigenvalue weighted by atomic mass is 16.5. The lowest BCUT2D eigenvalue weighted by atomic mass is 9.95. The largest absolute Gasteiger partial charge is 0.396 e. The van der Waals surface area contributed by atoms with Crippen LogP contribution in [-0.4, -0.2) is 51.5 Å². The zero-order valence-electron chi connectivity index (χ0n) is 16.3. The molecule has 7 N–H and O–H groups in total. The Hall–Kier alpha value is -2.88. The molecule has 1 aliphatic carbocycles. The van der Waals surface area contributed by atoms with Crippen molar-refractivity contribution in [2.24, 2.45) is 17.6 Å². The summed E-state index contributed by atoms with van der Waals surface area (Å²) >= 11 is 0. The van der Waals surface area contributed by atoms with Crippen LogP contribution >= 0.6 is 0 Å². The van der Waals surface area contributed by atoms with Gasteiger partial charge in [0, 0.05) is 29.2 Å². The fourth-order valence-corrected chi connectivity index (χ4v) is 2.76. The third kappa shape index (κ3) is 6.31. The summed E-state index contributed by atoms with van der Waals surface area (Å²) in [6.45, 7) is 3.16. The summed E-state index contributed by atoms with van der Waals surface area (Å²) < 4.78 is 0. The number of aliphatic hydroxyl groups is 2. The van der Waals surface area contributed by atoms with E-state index in [0.29, 0.717) is 11.1 Å². The van der Waals surface area contributed by atoms with E-state index in [1.54, 1.807) is 26.0 Å². The maximum absolute atomic E-state index is 12.4. The smallest absolute Gasteiger partial charge is 0.267 e. The molecule has 0 aliphatic heterocycles. The van der Waals surface area contributed by atoms with Crippen molar-refractivity contribution in [3.05, 3.63) is 35.4 Å². The van der Waals surface area contributed by atoms with Crippen LogP contribution in [0.15, 0.2) is 24.3 Å². The van der Waals surface area contributed by atoms with Crippen LogP contribution in [0.4, 0.5) is 0 Å². The maximum atomic E-state index is 12.4. The average molecular weight is 399 g/mol. The first-order chi connectivity index (χ1) is 13.7. The number of carbonyl (C=O) groups excluding carboxylic acids is 2. The minimum absolute atomic E-state index is 0.0161. The number of hydroxylamine groups is 1. The SMILES string of the molecule is CC(C)(N)[C@H](NC(=O)c1ccc(C#CC#CC(O)C2CC2CO)cc1)C(=O)NO. The van der Waals surface area contributed by atoms with Crippen LogP contribution in [0, 0.1) is 35.5 Å². The van der Waals surface area contributed by atoms with Crippen LogP contribution in [0.5, 0.6) is 0 Å². The van der Waals surface area contributed by atoms with Crippen LogP contribution in [0.25, 0.3) is 0 Å². The molecule has 1 fully saturated rings. The summed E-state index contributed by atoms with van der Waals surface area (Å²) in [7, 11) is 0. The Balaban J connectivity index is 1.98. The monoisotopic (exact) mass is 399 g/mol. The lowest BCUT2D eigenvalue weighted by Gasteiger charge is -2.29. The van der Waals surface area contributed by atoms with Crippen LogP contribution in [0.2, 0.25) is 0 Å². The number of carbonyl (C=O) groups is 2. The summed E-state index contributed by atoms with van der Waals surface area (Å²) in [6.07, 6.45) is -0.0192. The minimum Gasteiger partial charge on any atom is -0.396 e. The quantitative estimate of drug-likeness (QED) is 0.213. The molecule has 0 bridgehead atoms. The third-order valence-electron chi connectivity index (χ3n) is 4.65. The standard InChI is InChI=1S/C21H25N3O5/c1-21(2,22)18(20(28)24-29)23-19(27)14-9-7-13(8-10-14)5-3-4-6-17(26)16-11-15(16)12-25/h7-10,15-18,25-26,29H,11-12,22H2,1-2H3,(H,23,27)(H,24,28)/t15?,16?,17?,18-/m1/s1. The summed E-state index contributed by atoms with van der Waals surface area (Å²) in [5.41, 5.74) is 7.20. The number of nitrogens with one attached hydrogen (secondary N) is 2. The fraction of sp³-hybridized carbons (Fsp3) is 0.429. The van der Waals surface area contributed by atoms with Gasteiger partial charge in [0.25, 0.3) is 11.8 Å². The molecular formula is C21H25N3O5. The Labute approximate surface area is 169 Å². The van der Waals surface area contributed by atoms with Gasteiger partial charge in [0.15, 0.2) is 0 Å². The molecule has 154 valence electrons. The number of hydrogen-bond acceptors (Lipinski definition) is 6. The first-order valence-corrected chi connectivity index (χ1v) is 9.11. The minimum atomic E-state index is -1.13. The highest BCUT2D eigenvalue weighted by molar-refractivity contribution is 5.97. The normalized spacial score (nSPS) is 19.5. The lowest BCUT2D eigenvalue weighted by molar-refractivity contribution is -0.132. The Kier molecular flexibility index (Phi) is 7.38. The second-order valence-corrected chi connectivity index (χ2v) is 7.59. The molecule has 4 atom stereocenters. The van der Waals surface area contributed by atoms with Gasteiger partial charge in [-0.1, -0.05) is 11.8 Å². The first-order valence-electron chi connectivity index (χ1n) is 9.11. The molecule has 0 saturated heterocycles. The number of benzene rings is 1. The van der Waals surface area contributed by atoms with Crippen LogP contribution in [0.3, 0.4) is 0 Å². The molecule has 1 aromatic carbocycles. The van der Waals surface area contributed by atoms with E-state index in [-0.39, 0.29) is 18.4 Å². The molecule has 1 aromatic rings. The predicted molar refractivity (Wildman–Crippen MR) is 105 cm³/mol. The van der Waals surface area contributed by atoms with Gasteiger partial charge in [-0.05, 0) is 62.3 Å². The summed E-state index contributed by atoms with van der Waals surface area (Å²) in [5.74, 6) is 9.49. The molecule has 1 aliphatic rings. The maximum Gasteiger partial charge on any atom is 0.267 e. The van der Waals surface area contributed by atoms with Gasteiger partial charge >= 0.3 is 0 Å². The van der Waals surface area contributed by atoms with E-state index in [2.05, 4.69) is 29.0 Å². The Morgan fingerprint density at radius 2 is 1.93 bits per heavy atom. The summed E-state index contributed by atoms with van der Waals surface area (Å²) in [4.78, 5) is 24.1. The highest BCUT2D eigenvalue weighted by Crippen LogP contribution is 2.40. The fourth-order valence-electron chi connectivity index (χ4n) is 2.76. The lowest BCUT2D eigenvalue weighted by Crippen LogP contribution is -2.61.